The minimum absolute atomic E-state index is 0.0816. The summed E-state index contributed by atoms with van der Waals surface area (Å²) in [5.41, 5.74) is 0. The Bertz CT molecular complexity index is 329. The highest BCUT2D eigenvalue weighted by molar-refractivity contribution is 7.65. The van der Waals surface area contributed by atoms with E-state index in [9.17, 15) is 4.79 Å². The van der Waals surface area contributed by atoms with E-state index in [-0.39, 0.29) is 13.8 Å². The minimum Gasteiger partial charge on any atom is -0.481 e. The van der Waals surface area contributed by atoms with Gasteiger partial charge in [-0.3, -0.25) is 4.79 Å². The van der Waals surface area contributed by atoms with Gasteiger partial charge in [-0.1, -0.05) is 38.3 Å². The average Bonchev–Trinajstić information content (AvgIpc) is 2.30. The molecular formula is C12H15O2P. The van der Waals surface area contributed by atoms with E-state index in [1.807, 2.05) is 6.07 Å². The van der Waals surface area contributed by atoms with Gasteiger partial charge in [-0.05, 0) is 30.5 Å². The first kappa shape index (κ1) is 10.6. The quantitative estimate of drug-likeness (QED) is 0.779. The van der Waals surface area contributed by atoms with Crippen molar-refractivity contribution in [2.75, 3.05) is 12.3 Å². The number of aliphatic carboxylic acids is 1. The number of carboxylic acids is 1. The molecule has 1 N–H and O–H groups in total. The predicted molar refractivity (Wildman–Crippen MR) is 63.1 cm³/mol. The van der Waals surface area contributed by atoms with Crippen LogP contribution in [0.25, 0.3) is 0 Å². The van der Waals surface area contributed by atoms with Gasteiger partial charge in [0.2, 0.25) is 0 Å². The summed E-state index contributed by atoms with van der Waals surface area (Å²) >= 11 is 0. The maximum Gasteiger partial charge on any atom is 0.306 e. The Kier molecular flexibility index (Phi) is 3.37. The fourth-order valence-electron chi connectivity index (χ4n) is 2.02. The van der Waals surface area contributed by atoms with Crippen molar-refractivity contribution in [1.82, 2.24) is 0 Å². The number of rotatable bonds is 2. The summed E-state index contributed by atoms with van der Waals surface area (Å²) in [6, 6.07) is 10.5. The van der Waals surface area contributed by atoms with Crippen LogP contribution in [-0.2, 0) is 4.79 Å². The van der Waals surface area contributed by atoms with Gasteiger partial charge in [0.15, 0.2) is 0 Å². The molecule has 1 aromatic rings. The summed E-state index contributed by atoms with van der Waals surface area (Å²) < 4.78 is 0. The molecule has 1 saturated heterocycles. The Morgan fingerprint density at radius 1 is 1.20 bits per heavy atom. The first-order valence-corrected chi connectivity index (χ1v) is 7.01. The van der Waals surface area contributed by atoms with Crippen LogP contribution in [0.15, 0.2) is 30.3 Å². The normalized spacial score (nSPS) is 26.1. The highest BCUT2D eigenvalue weighted by Gasteiger charge is 2.26. The molecule has 3 heteroatoms. The Labute approximate surface area is 91.1 Å². The number of hydrogen-bond acceptors (Lipinski definition) is 1. The molecule has 1 fully saturated rings. The summed E-state index contributed by atoms with van der Waals surface area (Å²) in [4.78, 5) is 10.8. The van der Waals surface area contributed by atoms with Gasteiger partial charge >= 0.3 is 5.97 Å². The molecule has 2 rings (SSSR count). The van der Waals surface area contributed by atoms with Crippen LogP contribution in [0.5, 0.6) is 0 Å². The number of carbonyl (C=O) groups is 1. The van der Waals surface area contributed by atoms with E-state index >= 15 is 0 Å². The highest BCUT2D eigenvalue weighted by Crippen LogP contribution is 2.42. The van der Waals surface area contributed by atoms with E-state index in [4.69, 9.17) is 5.11 Å². The second kappa shape index (κ2) is 4.76. The molecule has 1 aliphatic heterocycles. The van der Waals surface area contributed by atoms with E-state index in [1.165, 1.54) is 5.30 Å². The molecule has 80 valence electrons. The fraction of sp³-hybridized carbons (Fsp3) is 0.417. The molecule has 0 saturated carbocycles. The van der Waals surface area contributed by atoms with Crippen molar-refractivity contribution in [3.8, 4) is 0 Å². The third-order valence-corrected chi connectivity index (χ3v) is 5.59. The van der Waals surface area contributed by atoms with Crippen molar-refractivity contribution >= 4 is 19.2 Å². The van der Waals surface area contributed by atoms with Gasteiger partial charge in [-0.25, -0.2) is 0 Å². The van der Waals surface area contributed by atoms with Gasteiger partial charge in [0, 0.05) is 0 Å². The highest BCUT2D eigenvalue weighted by atomic mass is 31.1. The van der Waals surface area contributed by atoms with E-state index in [0.29, 0.717) is 0 Å². The molecule has 0 bridgehead atoms. The lowest BCUT2D eigenvalue weighted by molar-refractivity contribution is -0.141. The minimum atomic E-state index is -0.613. The molecule has 1 aromatic carbocycles. The molecule has 0 atom stereocenters. The molecule has 2 nitrogen and oxygen atoms in total. The molecule has 0 radical (unpaired) electrons. The van der Waals surface area contributed by atoms with Crippen molar-refractivity contribution < 1.29 is 9.90 Å². The lowest BCUT2D eigenvalue weighted by Gasteiger charge is -2.26. The maximum absolute atomic E-state index is 10.8. The van der Waals surface area contributed by atoms with Gasteiger partial charge < -0.3 is 5.11 Å². The summed E-state index contributed by atoms with van der Waals surface area (Å²) in [6.07, 6.45) is 3.87. The lowest BCUT2D eigenvalue weighted by atomic mass is 10.0. The van der Waals surface area contributed by atoms with Crippen molar-refractivity contribution in [2.45, 2.75) is 12.8 Å². The van der Waals surface area contributed by atoms with Gasteiger partial charge in [-0.2, -0.15) is 0 Å². The molecular weight excluding hydrogens is 207 g/mol. The molecule has 0 aromatic heterocycles. The molecule has 0 aliphatic carbocycles. The van der Waals surface area contributed by atoms with E-state index in [0.717, 1.165) is 25.2 Å². The van der Waals surface area contributed by atoms with Gasteiger partial charge in [0.1, 0.15) is 0 Å². The first-order valence-electron chi connectivity index (χ1n) is 5.30. The second-order valence-electron chi connectivity index (χ2n) is 3.94. The van der Waals surface area contributed by atoms with Crippen LogP contribution in [-0.4, -0.2) is 23.4 Å². The molecule has 0 amide bonds. The first-order chi connectivity index (χ1) is 7.27. The van der Waals surface area contributed by atoms with Crippen molar-refractivity contribution in [1.29, 1.82) is 0 Å². The average molecular weight is 222 g/mol. The maximum atomic E-state index is 10.8. The second-order valence-corrected chi connectivity index (χ2v) is 6.43. The standard InChI is InChI=1S/C12H15O2P/c13-12(14)10-6-8-15(9-7-10)11-4-2-1-3-5-11/h1-5,10H,6-9H2,(H,13,14). The zero-order chi connectivity index (χ0) is 10.7. The zero-order valence-electron chi connectivity index (χ0n) is 8.60. The van der Waals surface area contributed by atoms with E-state index in [1.54, 1.807) is 0 Å². The number of hydrogen-bond donors (Lipinski definition) is 1. The Morgan fingerprint density at radius 2 is 1.80 bits per heavy atom. The van der Waals surface area contributed by atoms with Crippen molar-refractivity contribution in [3.63, 3.8) is 0 Å². The van der Waals surface area contributed by atoms with Crippen molar-refractivity contribution in [3.05, 3.63) is 30.3 Å². The molecule has 15 heavy (non-hydrogen) atoms. The fourth-order valence-corrected chi connectivity index (χ4v) is 4.60. The Balaban J connectivity index is 1.97. The van der Waals surface area contributed by atoms with Crippen LogP contribution in [0.4, 0.5) is 0 Å². The molecule has 0 spiro atoms. The van der Waals surface area contributed by atoms with Crippen LogP contribution in [0.1, 0.15) is 12.8 Å². The summed E-state index contributed by atoms with van der Waals surface area (Å²) in [5.74, 6) is -0.704. The molecule has 0 unspecified atom stereocenters. The monoisotopic (exact) mass is 222 g/mol. The third kappa shape index (κ3) is 2.57. The van der Waals surface area contributed by atoms with Crippen LogP contribution >= 0.6 is 7.92 Å². The number of benzene rings is 1. The van der Waals surface area contributed by atoms with Crippen molar-refractivity contribution in [2.24, 2.45) is 5.92 Å². The van der Waals surface area contributed by atoms with Crippen LogP contribution < -0.4 is 5.30 Å². The van der Waals surface area contributed by atoms with Crippen LogP contribution in [0, 0.1) is 5.92 Å². The van der Waals surface area contributed by atoms with Gasteiger partial charge in [0.05, 0.1) is 5.92 Å². The lowest BCUT2D eigenvalue weighted by Crippen LogP contribution is -2.23. The predicted octanol–water partition coefficient (Wildman–Crippen LogP) is 2.29. The van der Waals surface area contributed by atoms with Gasteiger partial charge in [-0.15, -0.1) is 0 Å². The largest absolute Gasteiger partial charge is 0.481 e. The zero-order valence-corrected chi connectivity index (χ0v) is 9.49. The van der Waals surface area contributed by atoms with Crippen LogP contribution in [0.3, 0.4) is 0 Å². The molecule has 1 aliphatic rings. The summed E-state index contributed by atoms with van der Waals surface area (Å²) in [6.45, 7) is 0. The number of carboxylic acid groups (broad SMARTS) is 1. The molecule has 1 heterocycles. The SMILES string of the molecule is O=C(O)C1CCP(c2ccccc2)CC1. The van der Waals surface area contributed by atoms with Crippen LogP contribution in [0.2, 0.25) is 0 Å². The van der Waals surface area contributed by atoms with E-state index in [2.05, 4.69) is 24.3 Å². The Morgan fingerprint density at radius 3 is 2.33 bits per heavy atom. The topological polar surface area (TPSA) is 37.3 Å². The summed E-state index contributed by atoms with van der Waals surface area (Å²) in [5, 5.41) is 10.3. The Hall–Kier alpha value is -0.880. The van der Waals surface area contributed by atoms with E-state index < -0.39 is 5.97 Å². The van der Waals surface area contributed by atoms with Gasteiger partial charge in [0.25, 0.3) is 0 Å². The summed E-state index contributed by atoms with van der Waals surface area (Å²) in [7, 11) is -0.0816. The third-order valence-electron chi connectivity index (χ3n) is 2.97. The smallest absolute Gasteiger partial charge is 0.306 e.